The lowest BCUT2D eigenvalue weighted by molar-refractivity contribution is -0.130. The quantitative estimate of drug-likeness (QED) is 0.719. The van der Waals surface area contributed by atoms with E-state index in [1.165, 1.54) is 0 Å². The topological polar surface area (TPSA) is 29.1 Å². The minimum Gasteiger partial charge on any atom is -0.351 e. The van der Waals surface area contributed by atoms with E-state index < -0.39 is 0 Å². The molecule has 0 aromatic rings. The van der Waals surface area contributed by atoms with E-state index in [1.807, 2.05) is 20.8 Å². The van der Waals surface area contributed by atoms with Crippen LogP contribution in [0.4, 0.5) is 0 Å². The second-order valence-electron chi connectivity index (χ2n) is 4.97. The number of hydrogen-bond acceptors (Lipinski definition) is 1. The minimum atomic E-state index is -0.286. The molecule has 0 radical (unpaired) electrons. The molecule has 0 spiro atoms. The fourth-order valence-electron chi connectivity index (χ4n) is 0.888. The van der Waals surface area contributed by atoms with Gasteiger partial charge in [-0.25, -0.2) is 0 Å². The molecule has 2 nitrogen and oxygen atoms in total. The highest BCUT2D eigenvalue weighted by atomic mass is 16.2. The van der Waals surface area contributed by atoms with Gasteiger partial charge >= 0.3 is 0 Å². The van der Waals surface area contributed by atoms with Crippen LogP contribution in [0.2, 0.25) is 0 Å². The van der Waals surface area contributed by atoms with Gasteiger partial charge in [0.05, 0.1) is 0 Å². The molecule has 0 bridgehead atoms. The molecule has 0 rings (SSSR count). The molecule has 0 aromatic heterocycles. The van der Waals surface area contributed by atoms with Crippen LogP contribution in [-0.2, 0) is 4.79 Å². The van der Waals surface area contributed by atoms with Crippen LogP contribution in [0.5, 0.6) is 0 Å². The van der Waals surface area contributed by atoms with Gasteiger partial charge in [0, 0.05) is 11.0 Å². The lowest BCUT2D eigenvalue weighted by atomic mass is 9.90. The van der Waals surface area contributed by atoms with Gasteiger partial charge in [-0.3, -0.25) is 4.79 Å². The standard InChI is InChI=1S/C11H23NO/c1-7-11(6,8-2)12-9(13)10(3,4)5/h7-8H2,1-6H3,(H,12,13). The smallest absolute Gasteiger partial charge is 0.225 e. The highest BCUT2D eigenvalue weighted by Crippen LogP contribution is 2.19. The fraction of sp³-hybridized carbons (Fsp3) is 0.909. The highest BCUT2D eigenvalue weighted by molar-refractivity contribution is 5.82. The van der Waals surface area contributed by atoms with E-state index in [4.69, 9.17) is 0 Å². The highest BCUT2D eigenvalue weighted by Gasteiger charge is 2.28. The molecule has 0 aliphatic rings. The van der Waals surface area contributed by atoms with Crippen molar-refractivity contribution < 1.29 is 4.79 Å². The van der Waals surface area contributed by atoms with E-state index in [2.05, 4.69) is 26.1 Å². The van der Waals surface area contributed by atoms with E-state index in [-0.39, 0.29) is 16.9 Å². The van der Waals surface area contributed by atoms with Crippen LogP contribution in [0.3, 0.4) is 0 Å². The SMILES string of the molecule is CCC(C)(CC)NC(=O)C(C)(C)C. The maximum Gasteiger partial charge on any atom is 0.225 e. The van der Waals surface area contributed by atoms with Crippen molar-refractivity contribution in [1.29, 1.82) is 0 Å². The van der Waals surface area contributed by atoms with Gasteiger partial charge in [-0.1, -0.05) is 34.6 Å². The van der Waals surface area contributed by atoms with Crippen molar-refractivity contribution in [3.63, 3.8) is 0 Å². The van der Waals surface area contributed by atoms with Crippen molar-refractivity contribution in [3.05, 3.63) is 0 Å². The molecule has 0 saturated carbocycles. The molecule has 0 aliphatic carbocycles. The number of amides is 1. The maximum absolute atomic E-state index is 11.7. The van der Waals surface area contributed by atoms with Crippen molar-refractivity contribution >= 4 is 5.91 Å². The summed E-state index contributed by atoms with van der Waals surface area (Å²) in [5.74, 6) is 0.138. The summed E-state index contributed by atoms with van der Waals surface area (Å²) >= 11 is 0. The summed E-state index contributed by atoms with van der Waals surface area (Å²) in [5.41, 5.74) is -0.323. The summed E-state index contributed by atoms with van der Waals surface area (Å²) in [6.07, 6.45) is 1.96. The van der Waals surface area contributed by atoms with Gasteiger partial charge < -0.3 is 5.32 Å². The molecule has 0 saturated heterocycles. The van der Waals surface area contributed by atoms with Crippen LogP contribution in [-0.4, -0.2) is 11.4 Å². The Balaban J connectivity index is 4.35. The summed E-state index contributed by atoms with van der Waals surface area (Å²) in [6.45, 7) is 12.1. The Labute approximate surface area is 82.1 Å². The number of rotatable bonds is 3. The lowest BCUT2D eigenvalue weighted by Crippen LogP contribution is -2.49. The number of nitrogens with one attached hydrogen (secondary N) is 1. The number of carbonyl (C=O) groups is 1. The summed E-state index contributed by atoms with van der Waals surface area (Å²) in [5, 5.41) is 3.09. The van der Waals surface area contributed by atoms with E-state index in [9.17, 15) is 4.79 Å². The molecule has 1 amide bonds. The Bertz CT molecular complexity index is 175. The first-order chi connectivity index (χ1) is 5.75. The predicted octanol–water partition coefficient (Wildman–Crippen LogP) is 2.73. The van der Waals surface area contributed by atoms with Crippen LogP contribution in [0.25, 0.3) is 0 Å². The van der Waals surface area contributed by atoms with Crippen molar-refractivity contribution in [2.24, 2.45) is 5.41 Å². The van der Waals surface area contributed by atoms with Crippen molar-refractivity contribution in [3.8, 4) is 0 Å². The Morgan fingerprint density at radius 1 is 1.08 bits per heavy atom. The molecule has 0 fully saturated rings. The van der Waals surface area contributed by atoms with Gasteiger partial charge in [0.1, 0.15) is 0 Å². The molecule has 78 valence electrons. The second kappa shape index (κ2) is 4.12. The summed E-state index contributed by atoms with van der Waals surface area (Å²) in [4.78, 5) is 11.7. The monoisotopic (exact) mass is 185 g/mol. The van der Waals surface area contributed by atoms with E-state index in [0.29, 0.717) is 0 Å². The molecular formula is C11H23NO. The third-order valence-electron chi connectivity index (χ3n) is 2.66. The molecule has 2 heteroatoms. The molecule has 0 unspecified atom stereocenters. The molecule has 0 heterocycles. The van der Waals surface area contributed by atoms with E-state index >= 15 is 0 Å². The van der Waals surface area contributed by atoms with Gasteiger partial charge in [-0.2, -0.15) is 0 Å². The largest absolute Gasteiger partial charge is 0.351 e. The average Bonchev–Trinajstić information content (AvgIpc) is 2.02. The van der Waals surface area contributed by atoms with Gasteiger partial charge in [-0.05, 0) is 19.8 Å². The van der Waals surface area contributed by atoms with Crippen LogP contribution in [0, 0.1) is 5.41 Å². The Hall–Kier alpha value is -0.530. The summed E-state index contributed by atoms with van der Waals surface area (Å²) in [7, 11) is 0. The second-order valence-corrected chi connectivity index (χ2v) is 4.97. The Kier molecular flexibility index (Phi) is 3.95. The van der Waals surface area contributed by atoms with E-state index in [1.54, 1.807) is 0 Å². The lowest BCUT2D eigenvalue weighted by Gasteiger charge is -2.31. The Morgan fingerprint density at radius 2 is 1.46 bits per heavy atom. The molecular weight excluding hydrogens is 162 g/mol. The number of carbonyl (C=O) groups excluding carboxylic acids is 1. The van der Waals surface area contributed by atoms with Crippen molar-refractivity contribution in [2.45, 2.75) is 59.9 Å². The summed E-state index contributed by atoms with van der Waals surface area (Å²) in [6, 6.07) is 0. The van der Waals surface area contributed by atoms with Crippen molar-refractivity contribution in [1.82, 2.24) is 5.32 Å². The van der Waals surface area contributed by atoms with Crippen LogP contribution in [0.15, 0.2) is 0 Å². The van der Waals surface area contributed by atoms with Gasteiger partial charge in [-0.15, -0.1) is 0 Å². The number of hydrogen-bond donors (Lipinski definition) is 1. The first-order valence-electron chi connectivity index (χ1n) is 5.08. The molecule has 0 aliphatic heterocycles. The van der Waals surface area contributed by atoms with Gasteiger partial charge in [0.15, 0.2) is 0 Å². The zero-order chi connectivity index (χ0) is 10.7. The maximum atomic E-state index is 11.7. The zero-order valence-electron chi connectivity index (χ0n) is 9.82. The molecule has 1 N–H and O–H groups in total. The first-order valence-corrected chi connectivity index (χ1v) is 5.08. The van der Waals surface area contributed by atoms with E-state index in [0.717, 1.165) is 12.8 Å². The minimum absolute atomic E-state index is 0.0373. The molecule has 13 heavy (non-hydrogen) atoms. The Morgan fingerprint density at radius 3 is 1.69 bits per heavy atom. The molecule has 0 atom stereocenters. The third kappa shape index (κ3) is 3.79. The zero-order valence-corrected chi connectivity index (χ0v) is 9.82. The fourth-order valence-corrected chi connectivity index (χ4v) is 0.888. The van der Waals surface area contributed by atoms with Gasteiger partial charge in [0.25, 0.3) is 0 Å². The van der Waals surface area contributed by atoms with Crippen LogP contribution in [0.1, 0.15) is 54.4 Å². The predicted molar refractivity (Wildman–Crippen MR) is 56.6 cm³/mol. The normalized spacial score (nSPS) is 12.8. The van der Waals surface area contributed by atoms with Gasteiger partial charge in [0.2, 0.25) is 5.91 Å². The average molecular weight is 185 g/mol. The van der Waals surface area contributed by atoms with Crippen LogP contribution < -0.4 is 5.32 Å². The van der Waals surface area contributed by atoms with Crippen molar-refractivity contribution in [2.75, 3.05) is 0 Å². The molecule has 0 aromatic carbocycles. The van der Waals surface area contributed by atoms with Crippen LogP contribution >= 0.6 is 0 Å². The summed E-state index contributed by atoms with van der Waals surface area (Å²) < 4.78 is 0. The third-order valence-corrected chi connectivity index (χ3v) is 2.66. The first kappa shape index (κ1) is 12.5.